The standard InChI is InChI=1S/C20H22ClNO3/c21-16-8-6-14(7-9-16)10-22-17-12-24-20-18(13-25-19(17)20)23-11-15-4-2-1-3-5-15/h1-9,17-20,22H,10-13H2/t17-,18+,19-,20-/m1/s1. The molecule has 2 aromatic rings. The topological polar surface area (TPSA) is 39.7 Å². The lowest BCUT2D eigenvalue weighted by Crippen LogP contribution is -2.41. The predicted molar refractivity (Wildman–Crippen MR) is 96.6 cm³/mol. The molecule has 0 radical (unpaired) electrons. The Kier molecular flexibility index (Phi) is 5.34. The number of hydrogen-bond acceptors (Lipinski definition) is 4. The summed E-state index contributed by atoms with van der Waals surface area (Å²) in [5.41, 5.74) is 2.36. The third-order valence-corrected chi connectivity index (χ3v) is 5.05. The molecule has 0 aliphatic carbocycles. The van der Waals surface area contributed by atoms with Crippen LogP contribution in [0.2, 0.25) is 5.02 Å². The molecule has 0 bridgehead atoms. The van der Waals surface area contributed by atoms with Crippen molar-refractivity contribution in [1.82, 2.24) is 5.32 Å². The molecule has 0 aromatic heterocycles. The highest BCUT2D eigenvalue weighted by Crippen LogP contribution is 2.29. The van der Waals surface area contributed by atoms with Crippen LogP contribution in [0.4, 0.5) is 0 Å². The van der Waals surface area contributed by atoms with Crippen molar-refractivity contribution in [3.63, 3.8) is 0 Å². The normalized spacial score (nSPS) is 28.2. The first-order chi connectivity index (χ1) is 12.3. The average Bonchev–Trinajstić information content (AvgIpc) is 3.23. The number of halogens is 1. The molecule has 2 fully saturated rings. The second-order valence-electron chi connectivity index (χ2n) is 6.54. The quantitative estimate of drug-likeness (QED) is 0.860. The van der Waals surface area contributed by atoms with Crippen molar-refractivity contribution >= 4 is 11.6 Å². The van der Waals surface area contributed by atoms with Crippen LogP contribution in [0, 0.1) is 0 Å². The Balaban J connectivity index is 1.28. The van der Waals surface area contributed by atoms with Gasteiger partial charge in [0.05, 0.1) is 25.9 Å². The van der Waals surface area contributed by atoms with Gasteiger partial charge in [0.2, 0.25) is 0 Å². The highest BCUT2D eigenvalue weighted by molar-refractivity contribution is 6.30. The Hall–Kier alpha value is -1.43. The summed E-state index contributed by atoms with van der Waals surface area (Å²) in [6.07, 6.45) is 0.0482. The first-order valence-electron chi connectivity index (χ1n) is 8.66. The van der Waals surface area contributed by atoms with E-state index >= 15 is 0 Å². The lowest BCUT2D eigenvalue weighted by molar-refractivity contribution is -0.0393. The van der Waals surface area contributed by atoms with Crippen LogP contribution in [0.15, 0.2) is 54.6 Å². The number of hydrogen-bond donors (Lipinski definition) is 1. The van der Waals surface area contributed by atoms with Crippen molar-refractivity contribution in [3.05, 3.63) is 70.7 Å². The summed E-state index contributed by atoms with van der Waals surface area (Å²) in [5.74, 6) is 0. The third-order valence-electron chi connectivity index (χ3n) is 4.80. The molecule has 0 unspecified atom stereocenters. The molecule has 25 heavy (non-hydrogen) atoms. The van der Waals surface area contributed by atoms with E-state index in [9.17, 15) is 0 Å². The zero-order valence-corrected chi connectivity index (χ0v) is 14.7. The van der Waals surface area contributed by atoms with E-state index in [1.807, 2.05) is 42.5 Å². The molecule has 2 heterocycles. The van der Waals surface area contributed by atoms with E-state index in [0.29, 0.717) is 19.8 Å². The molecule has 132 valence electrons. The van der Waals surface area contributed by atoms with E-state index in [-0.39, 0.29) is 24.4 Å². The van der Waals surface area contributed by atoms with Crippen molar-refractivity contribution in [2.45, 2.75) is 37.5 Å². The van der Waals surface area contributed by atoms with E-state index in [4.69, 9.17) is 25.8 Å². The van der Waals surface area contributed by atoms with E-state index in [0.717, 1.165) is 11.6 Å². The molecule has 2 aliphatic rings. The van der Waals surface area contributed by atoms with E-state index in [1.54, 1.807) is 0 Å². The second-order valence-corrected chi connectivity index (χ2v) is 6.98. The maximum atomic E-state index is 6.03. The fourth-order valence-corrected chi connectivity index (χ4v) is 3.54. The SMILES string of the molecule is Clc1ccc(CN[C@@H]2CO[C@H]3[C@@H]2OC[C@@H]3OCc2ccccc2)cc1. The van der Waals surface area contributed by atoms with Crippen molar-refractivity contribution in [2.75, 3.05) is 13.2 Å². The van der Waals surface area contributed by atoms with Gasteiger partial charge in [-0.15, -0.1) is 0 Å². The van der Waals surface area contributed by atoms with Gasteiger partial charge in [0.15, 0.2) is 0 Å². The molecule has 5 heteroatoms. The maximum Gasteiger partial charge on any atom is 0.114 e. The zero-order valence-electron chi connectivity index (χ0n) is 13.9. The van der Waals surface area contributed by atoms with E-state index in [1.165, 1.54) is 11.1 Å². The van der Waals surface area contributed by atoms with Gasteiger partial charge in [0, 0.05) is 11.6 Å². The molecule has 2 aromatic carbocycles. The molecule has 2 aliphatic heterocycles. The Labute approximate surface area is 153 Å². The van der Waals surface area contributed by atoms with Gasteiger partial charge < -0.3 is 19.5 Å². The van der Waals surface area contributed by atoms with Crippen LogP contribution in [-0.2, 0) is 27.4 Å². The summed E-state index contributed by atoms with van der Waals surface area (Å²) in [4.78, 5) is 0. The van der Waals surface area contributed by atoms with Crippen LogP contribution >= 0.6 is 11.6 Å². The van der Waals surface area contributed by atoms with Crippen LogP contribution in [0.25, 0.3) is 0 Å². The van der Waals surface area contributed by atoms with Gasteiger partial charge >= 0.3 is 0 Å². The summed E-state index contributed by atoms with van der Waals surface area (Å²) in [5, 5.41) is 4.29. The Morgan fingerprint density at radius 2 is 1.68 bits per heavy atom. The monoisotopic (exact) mass is 359 g/mol. The second kappa shape index (κ2) is 7.85. The summed E-state index contributed by atoms with van der Waals surface area (Å²) >= 11 is 5.93. The Bertz CT molecular complexity index is 679. The number of fused-ring (bicyclic) bond motifs is 1. The van der Waals surface area contributed by atoms with Gasteiger partial charge in [-0.2, -0.15) is 0 Å². The minimum atomic E-state index is -0.00691. The van der Waals surface area contributed by atoms with Crippen LogP contribution in [0.5, 0.6) is 0 Å². The highest BCUT2D eigenvalue weighted by atomic mass is 35.5. The van der Waals surface area contributed by atoms with Crippen LogP contribution < -0.4 is 5.32 Å². The minimum absolute atomic E-state index is 0.00595. The third kappa shape index (κ3) is 4.05. The number of ether oxygens (including phenoxy) is 3. The molecule has 4 nitrogen and oxygen atoms in total. The molecule has 4 atom stereocenters. The highest BCUT2D eigenvalue weighted by Gasteiger charge is 2.48. The van der Waals surface area contributed by atoms with Gasteiger partial charge in [-0.1, -0.05) is 54.1 Å². The van der Waals surface area contributed by atoms with Crippen molar-refractivity contribution in [2.24, 2.45) is 0 Å². The van der Waals surface area contributed by atoms with E-state index in [2.05, 4.69) is 17.4 Å². The summed E-state index contributed by atoms with van der Waals surface area (Å²) in [7, 11) is 0. The smallest absolute Gasteiger partial charge is 0.114 e. The molecule has 2 saturated heterocycles. The number of rotatable bonds is 6. The lowest BCUT2D eigenvalue weighted by Gasteiger charge is -2.18. The van der Waals surface area contributed by atoms with Crippen LogP contribution in [-0.4, -0.2) is 37.6 Å². The van der Waals surface area contributed by atoms with Gasteiger partial charge in [-0.05, 0) is 23.3 Å². The molecule has 0 amide bonds. The first-order valence-corrected chi connectivity index (χ1v) is 9.04. The van der Waals surface area contributed by atoms with Crippen molar-refractivity contribution in [3.8, 4) is 0 Å². The number of benzene rings is 2. The zero-order chi connectivity index (χ0) is 17.1. The predicted octanol–water partition coefficient (Wildman–Crippen LogP) is 3.18. The summed E-state index contributed by atoms with van der Waals surface area (Å²) < 4.78 is 18.0. The average molecular weight is 360 g/mol. The van der Waals surface area contributed by atoms with Crippen molar-refractivity contribution < 1.29 is 14.2 Å². The van der Waals surface area contributed by atoms with E-state index < -0.39 is 0 Å². The minimum Gasteiger partial charge on any atom is -0.371 e. The largest absolute Gasteiger partial charge is 0.371 e. The fraction of sp³-hybridized carbons (Fsp3) is 0.400. The Morgan fingerprint density at radius 1 is 0.920 bits per heavy atom. The lowest BCUT2D eigenvalue weighted by atomic mass is 10.1. The molecular formula is C20H22ClNO3. The molecule has 0 saturated carbocycles. The Morgan fingerprint density at radius 3 is 2.48 bits per heavy atom. The van der Waals surface area contributed by atoms with Gasteiger partial charge in [0.25, 0.3) is 0 Å². The van der Waals surface area contributed by atoms with Crippen molar-refractivity contribution in [1.29, 1.82) is 0 Å². The van der Waals surface area contributed by atoms with Gasteiger partial charge in [0.1, 0.15) is 18.3 Å². The summed E-state index contributed by atoms with van der Waals surface area (Å²) in [6.45, 7) is 2.59. The van der Waals surface area contributed by atoms with Crippen LogP contribution in [0.1, 0.15) is 11.1 Å². The van der Waals surface area contributed by atoms with Gasteiger partial charge in [-0.25, -0.2) is 0 Å². The fourth-order valence-electron chi connectivity index (χ4n) is 3.41. The molecule has 0 spiro atoms. The number of nitrogens with one attached hydrogen (secondary N) is 1. The first kappa shape index (κ1) is 17.0. The van der Waals surface area contributed by atoms with Crippen LogP contribution in [0.3, 0.4) is 0 Å². The molecule has 4 rings (SSSR count). The van der Waals surface area contributed by atoms with Gasteiger partial charge in [-0.3, -0.25) is 0 Å². The maximum absolute atomic E-state index is 6.03. The summed E-state index contributed by atoms with van der Waals surface area (Å²) in [6, 6.07) is 18.3. The molecular weight excluding hydrogens is 338 g/mol. The molecule has 1 N–H and O–H groups in total.